The maximum atomic E-state index is 4.14. The summed E-state index contributed by atoms with van der Waals surface area (Å²) in [6.45, 7) is 1.54. The second kappa shape index (κ2) is 6.17. The molecule has 0 saturated carbocycles. The Morgan fingerprint density at radius 2 is 1.38 bits per heavy atom. The lowest BCUT2D eigenvalue weighted by Crippen LogP contribution is -2.25. The van der Waals surface area contributed by atoms with Crippen LogP contribution in [0.5, 0.6) is 0 Å². The van der Waals surface area contributed by atoms with Crippen molar-refractivity contribution >= 4 is 5.95 Å². The molecular formula is C16H17N5. The van der Waals surface area contributed by atoms with Crippen LogP contribution < -0.4 is 4.90 Å². The number of rotatable bonds is 5. The van der Waals surface area contributed by atoms with Crippen LogP contribution in [0.25, 0.3) is 0 Å². The maximum Gasteiger partial charge on any atom is 0.245 e. The molecule has 1 aromatic heterocycles. The van der Waals surface area contributed by atoms with Crippen molar-refractivity contribution < 1.29 is 0 Å². The molecule has 0 spiro atoms. The Balaban J connectivity index is 1.86. The summed E-state index contributed by atoms with van der Waals surface area (Å²) in [6.07, 6.45) is 0. The molecule has 0 radical (unpaired) electrons. The number of hydrogen-bond acceptors (Lipinski definition) is 4. The monoisotopic (exact) mass is 279 g/mol. The van der Waals surface area contributed by atoms with Crippen molar-refractivity contribution in [3.05, 3.63) is 71.8 Å². The number of benzene rings is 2. The van der Waals surface area contributed by atoms with Gasteiger partial charge in [-0.05, 0) is 21.6 Å². The van der Waals surface area contributed by atoms with Gasteiger partial charge in [0.15, 0.2) is 0 Å². The maximum absolute atomic E-state index is 4.14. The van der Waals surface area contributed by atoms with Gasteiger partial charge in [0, 0.05) is 20.1 Å². The molecule has 5 heteroatoms. The molecule has 0 atom stereocenters. The molecule has 0 aliphatic rings. The minimum atomic E-state index is 0.766. The summed E-state index contributed by atoms with van der Waals surface area (Å²) in [5.41, 5.74) is 2.47. The number of nitrogens with zero attached hydrogens (tertiary/aromatic N) is 5. The van der Waals surface area contributed by atoms with E-state index in [9.17, 15) is 0 Å². The van der Waals surface area contributed by atoms with E-state index < -0.39 is 0 Å². The van der Waals surface area contributed by atoms with Crippen LogP contribution in [0.3, 0.4) is 0 Å². The smallest absolute Gasteiger partial charge is 0.245 e. The predicted octanol–water partition coefficient (Wildman–Crippen LogP) is 2.42. The molecule has 0 bridgehead atoms. The molecule has 3 rings (SSSR count). The van der Waals surface area contributed by atoms with E-state index in [0.717, 1.165) is 19.0 Å². The normalized spacial score (nSPS) is 10.5. The first-order valence-electron chi connectivity index (χ1n) is 6.88. The molecule has 3 aromatic rings. The van der Waals surface area contributed by atoms with Gasteiger partial charge in [0.05, 0.1) is 0 Å². The molecule has 5 nitrogen and oxygen atoms in total. The quantitative estimate of drug-likeness (QED) is 0.719. The highest BCUT2D eigenvalue weighted by atomic mass is 15.6. The third kappa shape index (κ3) is 3.25. The molecule has 0 aliphatic carbocycles. The number of aryl methyl sites for hydroxylation is 1. The number of aromatic nitrogens is 4. The highest BCUT2D eigenvalue weighted by Crippen LogP contribution is 2.16. The van der Waals surface area contributed by atoms with Crippen LogP contribution in [0.1, 0.15) is 11.1 Å². The van der Waals surface area contributed by atoms with Gasteiger partial charge in [-0.2, -0.15) is 0 Å². The van der Waals surface area contributed by atoms with Crippen LogP contribution in [0.15, 0.2) is 60.7 Å². The van der Waals surface area contributed by atoms with E-state index in [4.69, 9.17) is 0 Å². The molecule has 0 fully saturated rings. The van der Waals surface area contributed by atoms with Crippen molar-refractivity contribution in [1.29, 1.82) is 0 Å². The van der Waals surface area contributed by atoms with E-state index in [1.165, 1.54) is 11.1 Å². The Bertz CT molecular complexity index is 637. The number of anilines is 1. The van der Waals surface area contributed by atoms with E-state index >= 15 is 0 Å². The van der Waals surface area contributed by atoms with E-state index in [1.54, 1.807) is 4.68 Å². The Morgan fingerprint density at radius 1 is 0.857 bits per heavy atom. The summed E-state index contributed by atoms with van der Waals surface area (Å²) in [6, 6.07) is 20.7. The van der Waals surface area contributed by atoms with Crippen molar-refractivity contribution in [3.63, 3.8) is 0 Å². The largest absolute Gasteiger partial charge is 0.331 e. The number of hydrogen-bond donors (Lipinski definition) is 0. The van der Waals surface area contributed by atoms with E-state index in [0.29, 0.717) is 0 Å². The first kappa shape index (κ1) is 13.3. The van der Waals surface area contributed by atoms with Crippen LogP contribution in [-0.2, 0) is 20.1 Å². The fourth-order valence-electron chi connectivity index (χ4n) is 2.30. The molecule has 0 aliphatic heterocycles. The molecule has 21 heavy (non-hydrogen) atoms. The van der Waals surface area contributed by atoms with Crippen LogP contribution in [-0.4, -0.2) is 20.2 Å². The molecule has 0 unspecified atom stereocenters. The Kier molecular flexibility index (Phi) is 3.91. The summed E-state index contributed by atoms with van der Waals surface area (Å²) in [4.78, 5) is 2.17. The lowest BCUT2D eigenvalue weighted by Gasteiger charge is -2.22. The summed E-state index contributed by atoms with van der Waals surface area (Å²) in [5, 5.41) is 11.8. The van der Waals surface area contributed by atoms with Gasteiger partial charge < -0.3 is 4.90 Å². The Labute approximate surface area is 123 Å². The molecule has 0 saturated heterocycles. The SMILES string of the molecule is Cn1nnnc1N(Cc1ccccc1)Cc1ccccc1. The van der Waals surface area contributed by atoms with Crippen molar-refractivity contribution in [2.75, 3.05) is 4.90 Å². The van der Waals surface area contributed by atoms with Gasteiger partial charge >= 0.3 is 0 Å². The molecular weight excluding hydrogens is 262 g/mol. The fourth-order valence-corrected chi connectivity index (χ4v) is 2.30. The van der Waals surface area contributed by atoms with Crippen LogP contribution in [0.2, 0.25) is 0 Å². The van der Waals surface area contributed by atoms with Crippen molar-refractivity contribution in [2.45, 2.75) is 13.1 Å². The summed E-state index contributed by atoms with van der Waals surface area (Å²) >= 11 is 0. The zero-order valence-corrected chi connectivity index (χ0v) is 11.9. The number of tetrazole rings is 1. The van der Waals surface area contributed by atoms with E-state index in [2.05, 4.69) is 44.7 Å². The molecule has 1 heterocycles. The first-order valence-corrected chi connectivity index (χ1v) is 6.88. The van der Waals surface area contributed by atoms with Crippen LogP contribution in [0, 0.1) is 0 Å². The van der Waals surface area contributed by atoms with Crippen molar-refractivity contribution in [1.82, 2.24) is 20.2 Å². The molecule has 2 aromatic carbocycles. The van der Waals surface area contributed by atoms with Gasteiger partial charge in [-0.25, -0.2) is 4.68 Å². The second-order valence-electron chi connectivity index (χ2n) is 4.93. The summed E-state index contributed by atoms with van der Waals surface area (Å²) in [5.74, 6) is 0.766. The van der Waals surface area contributed by atoms with Gasteiger partial charge in [-0.1, -0.05) is 65.8 Å². The third-order valence-electron chi connectivity index (χ3n) is 3.31. The molecule has 0 amide bonds. The zero-order valence-electron chi connectivity index (χ0n) is 11.9. The highest BCUT2D eigenvalue weighted by Gasteiger charge is 2.14. The lowest BCUT2D eigenvalue weighted by molar-refractivity contribution is 0.674. The van der Waals surface area contributed by atoms with Crippen molar-refractivity contribution in [3.8, 4) is 0 Å². The first-order chi connectivity index (χ1) is 10.3. The Morgan fingerprint density at radius 3 is 1.81 bits per heavy atom. The minimum absolute atomic E-state index is 0.766. The standard InChI is InChI=1S/C16H17N5/c1-20-16(17-18-19-20)21(12-14-8-4-2-5-9-14)13-15-10-6-3-7-11-15/h2-11H,12-13H2,1H3. The van der Waals surface area contributed by atoms with Crippen LogP contribution >= 0.6 is 0 Å². The van der Waals surface area contributed by atoms with Gasteiger partial charge in [0.25, 0.3) is 0 Å². The summed E-state index contributed by atoms with van der Waals surface area (Å²) < 4.78 is 1.70. The van der Waals surface area contributed by atoms with Gasteiger partial charge in [-0.15, -0.1) is 0 Å². The Hall–Kier alpha value is -2.69. The van der Waals surface area contributed by atoms with Gasteiger partial charge in [0.2, 0.25) is 5.95 Å². The fraction of sp³-hybridized carbons (Fsp3) is 0.188. The average Bonchev–Trinajstić information content (AvgIpc) is 2.95. The minimum Gasteiger partial charge on any atom is -0.331 e. The van der Waals surface area contributed by atoms with Crippen LogP contribution in [0.4, 0.5) is 5.95 Å². The zero-order chi connectivity index (χ0) is 14.5. The third-order valence-corrected chi connectivity index (χ3v) is 3.31. The average molecular weight is 279 g/mol. The molecule has 106 valence electrons. The predicted molar refractivity (Wildman–Crippen MR) is 81.6 cm³/mol. The topological polar surface area (TPSA) is 46.8 Å². The highest BCUT2D eigenvalue weighted by molar-refractivity contribution is 5.33. The lowest BCUT2D eigenvalue weighted by atomic mass is 10.2. The summed E-state index contributed by atoms with van der Waals surface area (Å²) in [7, 11) is 1.86. The molecule has 0 N–H and O–H groups in total. The van der Waals surface area contributed by atoms with E-state index in [-0.39, 0.29) is 0 Å². The second-order valence-corrected chi connectivity index (χ2v) is 4.93. The van der Waals surface area contributed by atoms with Gasteiger partial charge in [-0.3, -0.25) is 0 Å². The van der Waals surface area contributed by atoms with Crippen molar-refractivity contribution in [2.24, 2.45) is 7.05 Å². The van der Waals surface area contributed by atoms with E-state index in [1.807, 2.05) is 43.4 Å². The van der Waals surface area contributed by atoms with Gasteiger partial charge in [0.1, 0.15) is 0 Å².